The Morgan fingerprint density at radius 3 is 2.75 bits per heavy atom. The first kappa shape index (κ1) is 6.90. The maximum atomic E-state index is 3.69. The highest BCUT2D eigenvalue weighted by Gasteiger charge is 1.54. The summed E-state index contributed by atoms with van der Waals surface area (Å²) in [6, 6.07) is 2.49. The van der Waals surface area contributed by atoms with Gasteiger partial charge >= 0.3 is 0 Å². The fourth-order valence-electron chi connectivity index (χ4n) is 0.193. The van der Waals surface area contributed by atoms with E-state index in [1.54, 1.807) is 13.1 Å². The average molecular weight is 108 g/mol. The van der Waals surface area contributed by atoms with Crippen molar-refractivity contribution >= 4 is 12.6 Å². The summed E-state index contributed by atoms with van der Waals surface area (Å²) in [7, 11) is 0. The van der Waals surface area contributed by atoms with Crippen molar-refractivity contribution in [2.45, 2.75) is 13.8 Å². The van der Waals surface area contributed by atoms with Crippen LogP contribution >= 0.6 is 0 Å². The van der Waals surface area contributed by atoms with E-state index < -0.39 is 0 Å². The van der Waals surface area contributed by atoms with E-state index in [9.17, 15) is 0 Å². The van der Waals surface area contributed by atoms with Gasteiger partial charge in [0.05, 0.1) is 0 Å². The van der Waals surface area contributed by atoms with Gasteiger partial charge in [-0.05, 0) is 13.8 Å². The number of hydrogen-bond acceptors (Lipinski definition) is 1. The zero-order valence-corrected chi connectivity index (χ0v) is 5.05. The van der Waals surface area contributed by atoms with Gasteiger partial charge in [0.1, 0.15) is 6.34 Å². The minimum absolute atomic E-state index is 1.41. The predicted molar refractivity (Wildman–Crippen MR) is 36.1 cm³/mol. The SMILES string of the molecule is CC#CN=CN=CC. The molecule has 42 valence electrons. The summed E-state index contributed by atoms with van der Waals surface area (Å²) in [5.74, 6) is 2.60. The monoisotopic (exact) mass is 108 g/mol. The van der Waals surface area contributed by atoms with Gasteiger partial charge in [-0.25, -0.2) is 4.99 Å². The van der Waals surface area contributed by atoms with Crippen LogP contribution < -0.4 is 0 Å². The molecule has 8 heavy (non-hydrogen) atoms. The van der Waals surface area contributed by atoms with Gasteiger partial charge in [-0.15, -0.1) is 0 Å². The maximum Gasteiger partial charge on any atom is 0.125 e. The molecule has 0 aliphatic rings. The average Bonchev–Trinajstić information content (AvgIpc) is 1.81. The third kappa shape index (κ3) is 4.90. The van der Waals surface area contributed by atoms with Gasteiger partial charge in [-0.2, -0.15) is 4.99 Å². The smallest absolute Gasteiger partial charge is 0.125 e. The highest BCUT2D eigenvalue weighted by atomic mass is 14.8. The van der Waals surface area contributed by atoms with E-state index in [0.717, 1.165) is 0 Å². The van der Waals surface area contributed by atoms with E-state index in [2.05, 4.69) is 21.9 Å². The summed E-state index contributed by atoms with van der Waals surface area (Å²) in [6.07, 6.45) is 3.07. The summed E-state index contributed by atoms with van der Waals surface area (Å²) in [4.78, 5) is 7.29. The van der Waals surface area contributed by atoms with E-state index in [4.69, 9.17) is 0 Å². The van der Waals surface area contributed by atoms with Crippen molar-refractivity contribution in [1.29, 1.82) is 0 Å². The topological polar surface area (TPSA) is 24.7 Å². The van der Waals surface area contributed by atoms with Gasteiger partial charge in [-0.3, -0.25) is 0 Å². The Morgan fingerprint density at radius 2 is 2.25 bits per heavy atom. The van der Waals surface area contributed by atoms with Crippen LogP contribution in [0.4, 0.5) is 0 Å². The molecular weight excluding hydrogens is 100 g/mol. The predicted octanol–water partition coefficient (Wildman–Crippen LogP) is 1.09. The summed E-state index contributed by atoms with van der Waals surface area (Å²) < 4.78 is 0. The molecule has 0 saturated carbocycles. The molecular formula is C6H8N2. The first-order chi connectivity index (χ1) is 3.91. The van der Waals surface area contributed by atoms with E-state index in [-0.39, 0.29) is 0 Å². The Balaban J connectivity index is 3.45. The number of aliphatic imine (C=N–C) groups is 2. The second-order valence-corrected chi connectivity index (χ2v) is 1.01. The van der Waals surface area contributed by atoms with Crippen LogP contribution in [0.5, 0.6) is 0 Å². The molecule has 0 aromatic carbocycles. The summed E-state index contributed by atoms with van der Waals surface area (Å²) in [6.45, 7) is 3.55. The minimum atomic E-state index is 1.41. The lowest BCUT2D eigenvalue weighted by Gasteiger charge is -1.65. The highest BCUT2D eigenvalue weighted by Crippen LogP contribution is 1.60. The molecule has 0 saturated heterocycles. The zero-order valence-electron chi connectivity index (χ0n) is 5.05. The molecule has 0 rings (SSSR count). The van der Waals surface area contributed by atoms with Crippen molar-refractivity contribution in [2.75, 3.05) is 0 Å². The molecule has 2 heteroatoms. The molecule has 0 aliphatic carbocycles. The van der Waals surface area contributed by atoms with Crippen molar-refractivity contribution in [1.82, 2.24) is 0 Å². The van der Waals surface area contributed by atoms with E-state index in [1.807, 2.05) is 6.92 Å². The van der Waals surface area contributed by atoms with E-state index in [0.29, 0.717) is 0 Å². The Hall–Kier alpha value is -1.10. The van der Waals surface area contributed by atoms with Crippen LogP contribution in [0.3, 0.4) is 0 Å². The van der Waals surface area contributed by atoms with Crippen LogP contribution in [0.2, 0.25) is 0 Å². The molecule has 0 bridgehead atoms. The van der Waals surface area contributed by atoms with Gasteiger partial charge in [0.25, 0.3) is 0 Å². The van der Waals surface area contributed by atoms with Gasteiger partial charge in [-0.1, -0.05) is 5.92 Å². The molecule has 0 heterocycles. The lowest BCUT2D eigenvalue weighted by Crippen LogP contribution is -1.62. The van der Waals surface area contributed by atoms with Crippen LogP contribution in [-0.4, -0.2) is 12.6 Å². The zero-order chi connectivity index (χ0) is 6.24. The summed E-state index contributed by atoms with van der Waals surface area (Å²) in [5, 5.41) is 0. The Morgan fingerprint density at radius 1 is 1.50 bits per heavy atom. The second-order valence-electron chi connectivity index (χ2n) is 1.01. The molecule has 0 aromatic rings. The molecule has 0 fully saturated rings. The van der Waals surface area contributed by atoms with Crippen molar-refractivity contribution in [3.63, 3.8) is 0 Å². The number of hydrogen-bond donors (Lipinski definition) is 0. The van der Waals surface area contributed by atoms with Crippen LogP contribution in [-0.2, 0) is 0 Å². The van der Waals surface area contributed by atoms with Gasteiger partial charge in [0.2, 0.25) is 0 Å². The number of nitrogens with zero attached hydrogens (tertiary/aromatic N) is 2. The molecule has 0 radical (unpaired) electrons. The molecule has 0 aliphatic heterocycles. The maximum absolute atomic E-state index is 3.69. The summed E-state index contributed by atoms with van der Waals surface area (Å²) >= 11 is 0. The van der Waals surface area contributed by atoms with Crippen molar-refractivity contribution in [3.05, 3.63) is 0 Å². The third-order valence-corrected chi connectivity index (χ3v) is 0.450. The van der Waals surface area contributed by atoms with Crippen LogP contribution in [0.15, 0.2) is 9.98 Å². The van der Waals surface area contributed by atoms with Gasteiger partial charge in [0, 0.05) is 12.3 Å². The van der Waals surface area contributed by atoms with Crippen molar-refractivity contribution < 1.29 is 0 Å². The molecule has 0 spiro atoms. The van der Waals surface area contributed by atoms with Gasteiger partial charge in [0.15, 0.2) is 0 Å². The van der Waals surface area contributed by atoms with Gasteiger partial charge < -0.3 is 0 Å². The Labute approximate surface area is 49.4 Å². The van der Waals surface area contributed by atoms with Crippen LogP contribution in [0, 0.1) is 12.0 Å². The largest absolute Gasteiger partial charge is 0.249 e. The fourth-order valence-corrected chi connectivity index (χ4v) is 0.193. The van der Waals surface area contributed by atoms with E-state index in [1.165, 1.54) is 6.34 Å². The molecule has 0 N–H and O–H groups in total. The second kappa shape index (κ2) is 5.90. The highest BCUT2D eigenvalue weighted by molar-refractivity contribution is 5.71. The molecule has 0 unspecified atom stereocenters. The van der Waals surface area contributed by atoms with Crippen molar-refractivity contribution in [2.24, 2.45) is 9.98 Å². The third-order valence-electron chi connectivity index (χ3n) is 0.450. The first-order valence-corrected chi connectivity index (χ1v) is 2.33. The quantitative estimate of drug-likeness (QED) is 0.273. The Bertz CT molecular complexity index is 146. The van der Waals surface area contributed by atoms with Crippen LogP contribution in [0.25, 0.3) is 0 Å². The molecule has 0 aromatic heterocycles. The number of rotatable bonds is 1. The lowest BCUT2D eigenvalue weighted by molar-refractivity contribution is 1.62. The Kier molecular flexibility index (Phi) is 5.09. The van der Waals surface area contributed by atoms with Crippen LogP contribution in [0.1, 0.15) is 13.8 Å². The summed E-state index contributed by atoms with van der Waals surface area (Å²) in [5.41, 5.74) is 0. The standard InChI is InChI=1S/C6H8N2/c1-3-5-8-6-7-4-2/h4,6H,1-2H3. The fraction of sp³-hybridized carbons (Fsp3) is 0.333. The normalized spacial score (nSPS) is 9.75. The lowest BCUT2D eigenvalue weighted by atomic mass is 10.8. The van der Waals surface area contributed by atoms with E-state index >= 15 is 0 Å². The molecule has 2 nitrogen and oxygen atoms in total. The minimum Gasteiger partial charge on any atom is -0.249 e. The molecule has 0 amide bonds. The van der Waals surface area contributed by atoms with Crippen molar-refractivity contribution in [3.8, 4) is 12.0 Å². The molecule has 0 atom stereocenters. The first-order valence-electron chi connectivity index (χ1n) is 2.33.